The quantitative estimate of drug-likeness (QED) is 0.717. The summed E-state index contributed by atoms with van der Waals surface area (Å²) in [5, 5.41) is 14.7. The van der Waals surface area contributed by atoms with Crippen LogP contribution in [0.2, 0.25) is 0 Å². The van der Waals surface area contributed by atoms with Gasteiger partial charge in [0.1, 0.15) is 0 Å². The molecule has 0 radical (unpaired) electrons. The number of aliphatic hydroxyl groups excluding tert-OH is 1. The molecule has 0 bridgehead atoms. The second-order valence-electron chi connectivity index (χ2n) is 6.08. The largest absolute Gasteiger partial charge is 0.396 e. The second-order valence-corrected chi connectivity index (χ2v) is 6.08. The summed E-state index contributed by atoms with van der Waals surface area (Å²) in [5.41, 5.74) is 1.39. The molecule has 3 amide bonds. The number of benzene rings is 1. The van der Waals surface area contributed by atoms with Gasteiger partial charge in [0.25, 0.3) is 0 Å². The van der Waals surface area contributed by atoms with Crippen LogP contribution >= 0.6 is 0 Å². The highest BCUT2D eigenvalue weighted by atomic mass is 16.3. The molecule has 0 aliphatic carbocycles. The number of likely N-dealkylation sites (N-methyl/N-ethyl adjacent to an activating group) is 1. The van der Waals surface area contributed by atoms with E-state index < -0.39 is 0 Å². The molecule has 1 atom stereocenters. The fraction of sp³-hybridized carbons (Fsp3) is 0.529. The molecule has 0 spiro atoms. The number of hydrogen-bond acceptors (Lipinski definition) is 3. The van der Waals surface area contributed by atoms with E-state index in [2.05, 4.69) is 10.6 Å². The monoisotopic (exact) mass is 321 g/mol. The van der Waals surface area contributed by atoms with Crippen molar-refractivity contribution < 1.29 is 14.7 Å². The van der Waals surface area contributed by atoms with Crippen molar-refractivity contribution in [3.05, 3.63) is 29.8 Å². The van der Waals surface area contributed by atoms with Gasteiger partial charge < -0.3 is 20.6 Å². The molecule has 128 valence electrons. The summed E-state index contributed by atoms with van der Waals surface area (Å²) in [6, 6.07) is 6.81. The minimum atomic E-state index is -0.332. The van der Waals surface area contributed by atoms with Gasteiger partial charge in [-0.25, -0.2) is 4.79 Å². The van der Waals surface area contributed by atoms with Crippen molar-refractivity contribution in [2.45, 2.75) is 32.7 Å². The fourth-order valence-electron chi connectivity index (χ4n) is 2.16. The summed E-state index contributed by atoms with van der Waals surface area (Å²) in [4.78, 5) is 25.6. The zero-order valence-corrected chi connectivity index (χ0v) is 14.3. The number of amides is 3. The van der Waals surface area contributed by atoms with Crippen molar-refractivity contribution in [2.75, 3.05) is 26.0 Å². The Kier molecular flexibility index (Phi) is 7.54. The van der Waals surface area contributed by atoms with Crippen LogP contribution in [0.4, 0.5) is 10.5 Å². The third-order valence-corrected chi connectivity index (χ3v) is 3.67. The zero-order valence-electron chi connectivity index (χ0n) is 14.3. The first-order chi connectivity index (χ1) is 10.8. The van der Waals surface area contributed by atoms with E-state index in [0.717, 1.165) is 5.56 Å². The van der Waals surface area contributed by atoms with E-state index in [1.165, 1.54) is 4.90 Å². The van der Waals surface area contributed by atoms with E-state index in [1.807, 2.05) is 32.0 Å². The Hall–Kier alpha value is -2.08. The van der Waals surface area contributed by atoms with Crippen molar-refractivity contribution in [1.82, 2.24) is 10.2 Å². The molecule has 0 aromatic heterocycles. The maximum absolute atomic E-state index is 12.2. The Bertz CT molecular complexity index is 530. The SMILES string of the molecule is CC(C)C(CCO)NC(=O)Nc1ccccc1CC(=O)N(C)C. The van der Waals surface area contributed by atoms with E-state index in [9.17, 15) is 9.59 Å². The second kappa shape index (κ2) is 9.15. The van der Waals surface area contributed by atoms with Crippen LogP contribution < -0.4 is 10.6 Å². The lowest BCUT2D eigenvalue weighted by Gasteiger charge is -2.22. The number of nitrogens with zero attached hydrogens (tertiary/aromatic N) is 1. The van der Waals surface area contributed by atoms with Crippen molar-refractivity contribution in [3.8, 4) is 0 Å². The van der Waals surface area contributed by atoms with E-state index >= 15 is 0 Å². The summed E-state index contributed by atoms with van der Waals surface area (Å²) in [7, 11) is 3.40. The topological polar surface area (TPSA) is 81.7 Å². The Morgan fingerprint density at radius 2 is 1.87 bits per heavy atom. The van der Waals surface area contributed by atoms with Crippen LogP contribution in [0.5, 0.6) is 0 Å². The molecule has 1 aromatic rings. The van der Waals surface area contributed by atoms with Crippen LogP contribution in [0.3, 0.4) is 0 Å². The highest BCUT2D eigenvalue weighted by Crippen LogP contribution is 2.16. The van der Waals surface area contributed by atoms with Crippen LogP contribution in [0, 0.1) is 5.92 Å². The highest BCUT2D eigenvalue weighted by molar-refractivity contribution is 5.91. The number of anilines is 1. The number of nitrogens with one attached hydrogen (secondary N) is 2. The normalized spacial score (nSPS) is 11.9. The smallest absolute Gasteiger partial charge is 0.319 e. The van der Waals surface area contributed by atoms with Gasteiger partial charge in [-0.2, -0.15) is 0 Å². The molecular weight excluding hydrogens is 294 g/mol. The van der Waals surface area contributed by atoms with Gasteiger partial charge in [-0.05, 0) is 24.0 Å². The van der Waals surface area contributed by atoms with E-state index in [-0.39, 0.29) is 36.9 Å². The third-order valence-electron chi connectivity index (χ3n) is 3.67. The number of hydrogen-bond donors (Lipinski definition) is 3. The summed E-state index contributed by atoms with van der Waals surface area (Å²) in [6.45, 7) is 4.01. The molecule has 6 nitrogen and oxygen atoms in total. The van der Waals surface area contributed by atoms with E-state index in [1.54, 1.807) is 20.2 Å². The average molecular weight is 321 g/mol. The average Bonchev–Trinajstić information content (AvgIpc) is 2.48. The van der Waals surface area contributed by atoms with Crippen LogP contribution in [-0.2, 0) is 11.2 Å². The number of urea groups is 1. The van der Waals surface area contributed by atoms with Gasteiger partial charge in [0.2, 0.25) is 5.91 Å². The Morgan fingerprint density at radius 3 is 2.43 bits per heavy atom. The maximum atomic E-state index is 12.2. The molecule has 0 saturated heterocycles. The molecular formula is C17H27N3O3. The van der Waals surface area contributed by atoms with Crippen LogP contribution in [0.25, 0.3) is 0 Å². The molecule has 0 saturated carbocycles. The van der Waals surface area contributed by atoms with Gasteiger partial charge in [-0.1, -0.05) is 32.0 Å². The third kappa shape index (κ3) is 6.28. The van der Waals surface area contributed by atoms with E-state index in [4.69, 9.17) is 5.11 Å². The maximum Gasteiger partial charge on any atom is 0.319 e. The van der Waals surface area contributed by atoms with Crippen LogP contribution in [-0.4, -0.2) is 48.7 Å². The van der Waals surface area contributed by atoms with Gasteiger partial charge >= 0.3 is 6.03 Å². The van der Waals surface area contributed by atoms with Crippen LogP contribution in [0.1, 0.15) is 25.8 Å². The first kappa shape index (κ1) is 19.0. The minimum absolute atomic E-state index is 0.0249. The molecule has 1 rings (SSSR count). The molecule has 23 heavy (non-hydrogen) atoms. The Labute approximate surface area is 137 Å². The van der Waals surface area contributed by atoms with Gasteiger partial charge in [-0.15, -0.1) is 0 Å². The fourth-order valence-corrected chi connectivity index (χ4v) is 2.16. The predicted octanol–water partition coefficient (Wildman–Crippen LogP) is 1.85. The lowest BCUT2D eigenvalue weighted by Crippen LogP contribution is -2.41. The zero-order chi connectivity index (χ0) is 17.4. The van der Waals surface area contributed by atoms with Gasteiger partial charge in [0, 0.05) is 32.4 Å². The lowest BCUT2D eigenvalue weighted by atomic mass is 10.0. The molecule has 1 aromatic carbocycles. The van der Waals surface area contributed by atoms with Crippen molar-refractivity contribution in [3.63, 3.8) is 0 Å². The molecule has 0 fully saturated rings. The lowest BCUT2D eigenvalue weighted by molar-refractivity contribution is -0.127. The molecule has 1 unspecified atom stereocenters. The minimum Gasteiger partial charge on any atom is -0.396 e. The van der Waals surface area contributed by atoms with Gasteiger partial charge in [0.15, 0.2) is 0 Å². The summed E-state index contributed by atoms with van der Waals surface area (Å²) >= 11 is 0. The molecule has 0 heterocycles. The van der Waals surface area contributed by atoms with Gasteiger partial charge in [-0.3, -0.25) is 4.79 Å². The van der Waals surface area contributed by atoms with Crippen molar-refractivity contribution >= 4 is 17.6 Å². The number of rotatable bonds is 7. The number of carbonyl (C=O) groups is 2. The van der Waals surface area contributed by atoms with E-state index in [0.29, 0.717) is 12.1 Å². The first-order valence-corrected chi connectivity index (χ1v) is 7.81. The first-order valence-electron chi connectivity index (χ1n) is 7.81. The van der Waals surface area contributed by atoms with Gasteiger partial charge in [0.05, 0.1) is 6.42 Å². The number of aliphatic hydroxyl groups is 1. The van der Waals surface area contributed by atoms with Crippen molar-refractivity contribution in [1.29, 1.82) is 0 Å². The molecule has 0 aliphatic heterocycles. The summed E-state index contributed by atoms with van der Waals surface area (Å²) in [6.07, 6.45) is 0.736. The molecule has 6 heteroatoms. The van der Waals surface area contributed by atoms with Crippen LogP contribution in [0.15, 0.2) is 24.3 Å². The summed E-state index contributed by atoms with van der Waals surface area (Å²) in [5.74, 6) is 0.193. The predicted molar refractivity (Wildman–Crippen MR) is 91.3 cm³/mol. The summed E-state index contributed by atoms with van der Waals surface area (Å²) < 4.78 is 0. The number of para-hydroxylation sites is 1. The number of carbonyl (C=O) groups excluding carboxylic acids is 2. The molecule has 3 N–H and O–H groups in total. The molecule has 0 aliphatic rings. The Balaban J connectivity index is 2.76. The standard InChI is InChI=1S/C17H27N3O3/c1-12(2)14(9-10-21)18-17(23)19-15-8-6-5-7-13(15)11-16(22)20(3)4/h5-8,12,14,21H,9-11H2,1-4H3,(H2,18,19,23). The highest BCUT2D eigenvalue weighted by Gasteiger charge is 2.17. The Morgan fingerprint density at radius 1 is 1.22 bits per heavy atom. The van der Waals surface area contributed by atoms with Crippen molar-refractivity contribution in [2.24, 2.45) is 5.92 Å².